The standard InChI is InChI=1S/C21H36N4O2/c1-6-8-20(26)25-18-11-9-17(10-12-18)15-24-21(22-5)23-14-13-19(16(3)4)27-7-2/h9-12,16,19H,6-8,13-15H2,1-5H3,(H,25,26)(H2,22,23,24). The average molecular weight is 377 g/mol. The van der Waals surface area contributed by atoms with Gasteiger partial charge in [0.1, 0.15) is 0 Å². The molecular formula is C21H36N4O2. The molecule has 0 fully saturated rings. The van der Waals surface area contributed by atoms with Gasteiger partial charge in [-0.1, -0.05) is 32.9 Å². The number of aliphatic imine (C=N–C) groups is 1. The molecular weight excluding hydrogens is 340 g/mol. The van der Waals surface area contributed by atoms with E-state index in [4.69, 9.17) is 4.74 Å². The predicted octanol–water partition coefficient (Wildman–Crippen LogP) is 3.54. The fourth-order valence-electron chi connectivity index (χ4n) is 2.72. The Balaban J connectivity index is 2.40. The Morgan fingerprint density at radius 2 is 1.85 bits per heavy atom. The van der Waals surface area contributed by atoms with Crippen molar-refractivity contribution >= 4 is 17.6 Å². The largest absolute Gasteiger partial charge is 0.378 e. The molecule has 1 aromatic carbocycles. The second kappa shape index (κ2) is 13.1. The first-order valence-electron chi connectivity index (χ1n) is 9.95. The number of nitrogens with zero attached hydrogens (tertiary/aromatic N) is 1. The quantitative estimate of drug-likeness (QED) is 0.408. The van der Waals surface area contributed by atoms with E-state index >= 15 is 0 Å². The zero-order valence-corrected chi connectivity index (χ0v) is 17.5. The monoisotopic (exact) mass is 376 g/mol. The van der Waals surface area contributed by atoms with Crippen LogP contribution in [0.2, 0.25) is 0 Å². The van der Waals surface area contributed by atoms with Crippen LogP contribution in [0.5, 0.6) is 0 Å². The molecule has 1 unspecified atom stereocenters. The van der Waals surface area contributed by atoms with Gasteiger partial charge >= 0.3 is 0 Å². The Morgan fingerprint density at radius 3 is 2.41 bits per heavy atom. The minimum Gasteiger partial charge on any atom is -0.378 e. The summed E-state index contributed by atoms with van der Waals surface area (Å²) in [5.74, 6) is 1.33. The van der Waals surface area contributed by atoms with E-state index in [2.05, 4.69) is 34.8 Å². The van der Waals surface area contributed by atoms with Crippen molar-refractivity contribution in [3.63, 3.8) is 0 Å². The highest BCUT2D eigenvalue weighted by atomic mass is 16.5. The summed E-state index contributed by atoms with van der Waals surface area (Å²) in [5, 5.41) is 9.55. The van der Waals surface area contributed by atoms with E-state index in [1.807, 2.05) is 38.1 Å². The first kappa shape index (κ1) is 23.0. The van der Waals surface area contributed by atoms with E-state index < -0.39 is 0 Å². The highest BCUT2D eigenvalue weighted by molar-refractivity contribution is 5.90. The van der Waals surface area contributed by atoms with Crippen LogP contribution in [0.4, 0.5) is 5.69 Å². The van der Waals surface area contributed by atoms with Crippen LogP contribution < -0.4 is 16.0 Å². The third kappa shape index (κ3) is 9.43. The van der Waals surface area contributed by atoms with E-state index in [0.717, 1.165) is 43.2 Å². The zero-order chi connectivity index (χ0) is 20.1. The van der Waals surface area contributed by atoms with E-state index in [1.165, 1.54) is 0 Å². The van der Waals surface area contributed by atoms with Gasteiger partial charge in [-0.2, -0.15) is 0 Å². The molecule has 1 amide bonds. The molecule has 1 atom stereocenters. The summed E-state index contributed by atoms with van der Waals surface area (Å²) in [6.45, 7) is 10.6. The number of carbonyl (C=O) groups excluding carboxylic acids is 1. The maximum Gasteiger partial charge on any atom is 0.224 e. The molecule has 0 aliphatic heterocycles. The Labute approximate surface area is 164 Å². The summed E-state index contributed by atoms with van der Waals surface area (Å²) in [4.78, 5) is 15.9. The Bertz CT molecular complexity index is 570. The molecule has 0 aliphatic rings. The fraction of sp³-hybridized carbons (Fsp3) is 0.619. The number of guanidine groups is 1. The van der Waals surface area contributed by atoms with Gasteiger partial charge in [0.25, 0.3) is 0 Å². The van der Waals surface area contributed by atoms with Gasteiger partial charge in [-0.15, -0.1) is 0 Å². The second-order valence-electron chi connectivity index (χ2n) is 6.87. The second-order valence-corrected chi connectivity index (χ2v) is 6.87. The molecule has 0 bridgehead atoms. The molecule has 27 heavy (non-hydrogen) atoms. The molecule has 152 valence electrons. The van der Waals surface area contributed by atoms with Crippen LogP contribution >= 0.6 is 0 Å². The molecule has 6 heteroatoms. The maximum atomic E-state index is 11.6. The molecule has 1 aromatic rings. The van der Waals surface area contributed by atoms with Crippen molar-refractivity contribution in [2.75, 3.05) is 25.5 Å². The molecule has 3 N–H and O–H groups in total. The molecule has 0 saturated carbocycles. The van der Waals surface area contributed by atoms with Gasteiger partial charge in [-0.3, -0.25) is 9.79 Å². The summed E-state index contributed by atoms with van der Waals surface area (Å²) in [6.07, 6.45) is 2.60. The van der Waals surface area contributed by atoms with Crippen LogP contribution in [0.1, 0.15) is 52.5 Å². The first-order chi connectivity index (χ1) is 13.0. The number of ether oxygens (including phenoxy) is 1. The van der Waals surface area contributed by atoms with Crippen LogP contribution in [0, 0.1) is 5.92 Å². The molecule has 1 rings (SSSR count). The number of benzene rings is 1. The van der Waals surface area contributed by atoms with Crippen molar-refractivity contribution in [2.45, 2.75) is 59.6 Å². The van der Waals surface area contributed by atoms with Crippen LogP contribution in [-0.4, -0.2) is 38.2 Å². The summed E-state index contributed by atoms with van der Waals surface area (Å²) in [6, 6.07) is 7.86. The lowest BCUT2D eigenvalue weighted by atomic mass is 10.0. The van der Waals surface area contributed by atoms with Gasteiger partial charge in [0, 0.05) is 38.9 Å². The number of hydrogen-bond acceptors (Lipinski definition) is 3. The van der Waals surface area contributed by atoms with Gasteiger partial charge in [0.2, 0.25) is 5.91 Å². The highest BCUT2D eigenvalue weighted by Crippen LogP contribution is 2.11. The Kier molecular flexibility index (Phi) is 11.2. The van der Waals surface area contributed by atoms with Crippen molar-refractivity contribution in [3.05, 3.63) is 29.8 Å². The molecule has 6 nitrogen and oxygen atoms in total. The summed E-state index contributed by atoms with van der Waals surface area (Å²) < 4.78 is 5.77. The number of anilines is 1. The maximum absolute atomic E-state index is 11.6. The molecule has 0 spiro atoms. The van der Waals surface area contributed by atoms with Crippen LogP contribution in [-0.2, 0) is 16.1 Å². The van der Waals surface area contributed by atoms with E-state index in [9.17, 15) is 4.79 Å². The van der Waals surface area contributed by atoms with Gasteiger partial charge in [-0.25, -0.2) is 0 Å². The van der Waals surface area contributed by atoms with Gasteiger partial charge in [-0.05, 0) is 43.4 Å². The summed E-state index contributed by atoms with van der Waals surface area (Å²) in [5.41, 5.74) is 1.95. The third-order valence-electron chi connectivity index (χ3n) is 4.24. The molecule has 0 heterocycles. The lowest BCUT2D eigenvalue weighted by molar-refractivity contribution is -0.116. The Hall–Kier alpha value is -2.08. The van der Waals surface area contributed by atoms with Crippen molar-refractivity contribution in [1.82, 2.24) is 10.6 Å². The first-order valence-corrected chi connectivity index (χ1v) is 9.95. The van der Waals surface area contributed by atoms with Crippen molar-refractivity contribution in [3.8, 4) is 0 Å². The molecule has 0 aliphatic carbocycles. The predicted molar refractivity (Wildman–Crippen MR) is 113 cm³/mol. The minimum absolute atomic E-state index is 0.0553. The minimum atomic E-state index is 0.0553. The van der Waals surface area contributed by atoms with Gasteiger partial charge in [0.15, 0.2) is 5.96 Å². The molecule has 0 aromatic heterocycles. The lowest BCUT2D eigenvalue weighted by Crippen LogP contribution is -2.38. The molecule has 0 saturated heterocycles. The number of nitrogens with one attached hydrogen (secondary N) is 3. The average Bonchev–Trinajstić information content (AvgIpc) is 2.64. The van der Waals surface area contributed by atoms with E-state index in [1.54, 1.807) is 7.05 Å². The van der Waals surface area contributed by atoms with Crippen LogP contribution in [0.15, 0.2) is 29.3 Å². The smallest absolute Gasteiger partial charge is 0.224 e. The number of carbonyl (C=O) groups is 1. The number of hydrogen-bond donors (Lipinski definition) is 3. The van der Waals surface area contributed by atoms with Gasteiger partial charge < -0.3 is 20.7 Å². The summed E-state index contributed by atoms with van der Waals surface area (Å²) >= 11 is 0. The van der Waals surface area contributed by atoms with E-state index in [0.29, 0.717) is 18.9 Å². The highest BCUT2D eigenvalue weighted by Gasteiger charge is 2.12. The van der Waals surface area contributed by atoms with Crippen molar-refractivity contribution in [2.24, 2.45) is 10.9 Å². The normalized spacial score (nSPS) is 12.7. The van der Waals surface area contributed by atoms with Crippen LogP contribution in [0.3, 0.4) is 0 Å². The van der Waals surface area contributed by atoms with Crippen molar-refractivity contribution < 1.29 is 9.53 Å². The Morgan fingerprint density at radius 1 is 1.15 bits per heavy atom. The van der Waals surface area contributed by atoms with Crippen molar-refractivity contribution in [1.29, 1.82) is 0 Å². The molecule has 0 radical (unpaired) electrons. The van der Waals surface area contributed by atoms with Crippen LogP contribution in [0.25, 0.3) is 0 Å². The summed E-state index contributed by atoms with van der Waals surface area (Å²) in [7, 11) is 1.77. The SMILES string of the molecule is CCCC(=O)Nc1ccc(CNC(=NC)NCCC(OCC)C(C)C)cc1. The zero-order valence-electron chi connectivity index (χ0n) is 17.5. The fourth-order valence-corrected chi connectivity index (χ4v) is 2.72. The van der Waals surface area contributed by atoms with E-state index in [-0.39, 0.29) is 12.0 Å². The number of amides is 1. The van der Waals surface area contributed by atoms with Gasteiger partial charge in [0.05, 0.1) is 6.10 Å². The lowest BCUT2D eigenvalue weighted by Gasteiger charge is -2.21. The third-order valence-corrected chi connectivity index (χ3v) is 4.24. The topological polar surface area (TPSA) is 74.8 Å². The number of rotatable bonds is 11.